The maximum absolute atomic E-state index is 11.6. The molecule has 0 spiro atoms. The molecule has 1 aliphatic heterocycles. The predicted molar refractivity (Wildman–Crippen MR) is 57.4 cm³/mol. The number of hydrogen-bond acceptors (Lipinski definition) is 3. The summed E-state index contributed by atoms with van der Waals surface area (Å²) in [6, 6.07) is 0. The lowest BCUT2D eigenvalue weighted by molar-refractivity contribution is -0.128. The van der Waals surface area contributed by atoms with Gasteiger partial charge in [-0.05, 0) is 18.8 Å². The van der Waals surface area contributed by atoms with E-state index in [1.807, 2.05) is 13.8 Å². The summed E-state index contributed by atoms with van der Waals surface area (Å²) in [5, 5.41) is 12.3. The monoisotopic (exact) mass is 215 g/mol. The van der Waals surface area contributed by atoms with Crippen molar-refractivity contribution in [2.75, 3.05) is 19.8 Å². The first-order valence-electron chi connectivity index (χ1n) is 5.64. The molecular weight excluding hydrogens is 194 g/mol. The fourth-order valence-electron chi connectivity index (χ4n) is 1.54. The maximum atomic E-state index is 11.6. The zero-order chi connectivity index (χ0) is 11.3. The van der Waals surface area contributed by atoms with Crippen LogP contribution in [0, 0.1) is 11.8 Å². The summed E-state index contributed by atoms with van der Waals surface area (Å²) in [4.78, 5) is 11.6. The number of aliphatic hydroxyl groups excluding tert-OH is 1. The predicted octanol–water partition coefficient (Wildman–Crippen LogP) is 0.546. The van der Waals surface area contributed by atoms with Crippen LogP contribution in [0.2, 0.25) is 0 Å². The molecule has 4 nitrogen and oxygen atoms in total. The molecule has 2 N–H and O–H groups in total. The Morgan fingerprint density at radius 3 is 2.60 bits per heavy atom. The fourth-order valence-corrected chi connectivity index (χ4v) is 1.54. The first-order valence-corrected chi connectivity index (χ1v) is 5.64. The van der Waals surface area contributed by atoms with E-state index in [4.69, 9.17) is 4.74 Å². The fraction of sp³-hybridized carbons (Fsp3) is 0.909. The van der Waals surface area contributed by atoms with Gasteiger partial charge < -0.3 is 15.2 Å². The third kappa shape index (κ3) is 4.18. The van der Waals surface area contributed by atoms with E-state index in [1.165, 1.54) is 0 Å². The molecule has 15 heavy (non-hydrogen) atoms. The molecule has 0 aromatic heterocycles. The first kappa shape index (κ1) is 12.5. The molecule has 88 valence electrons. The lowest BCUT2D eigenvalue weighted by Crippen LogP contribution is -2.39. The lowest BCUT2D eigenvalue weighted by Gasteiger charge is -2.22. The van der Waals surface area contributed by atoms with Gasteiger partial charge in [-0.1, -0.05) is 13.8 Å². The molecule has 1 heterocycles. The molecule has 1 aliphatic rings. The highest BCUT2D eigenvalue weighted by atomic mass is 16.5. The Balaban J connectivity index is 2.22. The van der Waals surface area contributed by atoms with E-state index in [1.54, 1.807) is 0 Å². The van der Waals surface area contributed by atoms with Gasteiger partial charge in [-0.15, -0.1) is 0 Å². The Bertz CT molecular complexity index is 200. The number of carbonyl (C=O) groups is 1. The minimum Gasteiger partial charge on any atom is -0.391 e. The van der Waals surface area contributed by atoms with Gasteiger partial charge in [-0.25, -0.2) is 0 Å². The van der Waals surface area contributed by atoms with Crippen molar-refractivity contribution in [3.8, 4) is 0 Å². The highest BCUT2D eigenvalue weighted by molar-refractivity contribution is 5.78. The van der Waals surface area contributed by atoms with Crippen molar-refractivity contribution in [3.05, 3.63) is 0 Å². The third-order valence-corrected chi connectivity index (χ3v) is 2.85. The first-order chi connectivity index (χ1) is 7.11. The minimum absolute atomic E-state index is 0.0537. The summed E-state index contributed by atoms with van der Waals surface area (Å²) in [6.07, 6.45) is 1.14. The van der Waals surface area contributed by atoms with Crippen molar-refractivity contribution in [2.24, 2.45) is 11.8 Å². The van der Waals surface area contributed by atoms with E-state index in [0.29, 0.717) is 19.8 Å². The Morgan fingerprint density at radius 2 is 2.07 bits per heavy atom. The number of rotatable bonds is 4. The van der Waals surface area contributed by atoms with Crippen molar-refractivity contribution >= 4 is 5.91 Å². The minimum atomic E-state index is -0.450. The standard InChI is InChI=1S/C11H21NO3/c1-8(2)10(13)7-12-11(14)9-3-5-15-6-4-9/h8-10,13H,3-7H2,1-2H3,(H,12,14). The number of amides is 1. The summed E-state index contributed by atoms with van der Waals surface area (Å²) in [5.74, 6) is 0.302. The van der Waals surface area contributed by atoms with Gasteiger partial charge in [0.25, 0.3) is 0 Å². The summed E-state index contributed by atoms with van der Waals surface area (Å²) in [5.41, 5.74) is 0. The average Bonchev–Trinajstić information content (AvgIpc) is 2.26. The number of hydrogen-bond donors (Lipinski definition) is 2. The number of ether oxygens (including phenoxy) is 1. The van der Waals surface area contributed by atoms with Crippen LogP contribution in [0.3, 0.4) is 0 Å². The molecule has 0 aromatic carbocycles. The molecule has 0 saturated carbocycles. The van der Waals surface area contributed by atoms with Crippen molar-refractivity contribution in [3.63, 3.8) is 0 Å². The zero-order valence-electron chi connectivity index (χ0n) is 9.53. The van der Waals surface area contributed by atoms with Crippen LogP contribution in [0.25, 0.3) is 0 Å². The van der Waals surface area contributed by atoms with Crippen LogP contribution in [0.4, 0.5) is 0 Å². The van der Waals surface area contributed by atoms with Crippen LogP contribution in [0.5, 0.6) is 0 Å². The molecule has 1 atom stereocenters. The molecule has 1 fully saturated rings. The van der Waals surface area contributed by atoms with Crippen LogP contribution in [-0.4, -0.2) is 36.9 Å². The second kappa shape index (κ2) is 6.08. The van der Waals surface area contributed by atoms with Crippen molar-refractivity contribution < 1.29 is 14.6 Å². The zero-order valence-corrected chi connectivity index (χ0v) is 9.53. The van der Waals surface area contributed by atoms with E-state index in [-0.39, 0.29) is 17.7 Å². The van der Waals surface area contributed by atoms with Crippen LogP contribution < -0.4 is 5.32 Å². The average molecular weight is 215 g/mol. The molecule has 0 bridgehead atoms. The quantitative estimate of drug-likeness (QED) is 0.720. The van der Waals surface area contributed by atoms with Gasteiger partial charge in [0.15, 0.2) is 0 Å². The normalized spacial score (nSPS) is 20.3. The Hall–Kier alpha value is -0.610. The SMILES string of the molecule is CC(C)C(O)CNC(=O)C1CCOCC1. The molecule has 0 radical (unpaired) electrons. The number of nitrogens with one attached hydrogen (secondary N) is 1. The summed E-state index contributed by atoms with van der Waals surface area (Å²) in [6.45, 7) is 5.57. The highest BCUT2D eigenvalue weighted by Gasteiger charge is 2.22. The number of aliphatic hydroxyl groups is 1. The Morgan fingerprint density at radius 1 is 1.47 bits per heavy atom. The highest BCUT2D eigenvalue weighted by Crippen LogP contribution is 2.14. The molecule has 1 amide bonds. The van der Waals surface area contributed by atoms with E-state index in [2.05, 4.69) is 5.32 Å². The van der Waals surface area contributed by atoms with E-state index in [0.717, 1.165) is 12.8 Å². The summed E-state index contributed by atoms with van der Waals surface area (Å²) < 4.78 is 5.18. The van der Waals surface area contributed by atoms with Gasteiger partial charge in [0, 0.05) is 25.7 Å². The van der Waals surface area contributed by atoms with Crippen LogP contribution >= 0.6 is 0 Å². The molecule has 0 aliphatic carbocycles. The topological polar surface area (TPSA) is 58.6 Å². The largest absolute Gasteiger partial charge is 0.391 e. The summed E-state index contributed by atoms with van der Waals surface area (Å²) >= 11 is 0. The van der Waals surface area contributed by atoms with Crippen LogP contribution in [0.1, 0.15) is 26.7 Å². The van der Waals surface area contributed by atoms with Gasteiger partial charge in [-0.3, -0.25) is 4.79 Å². The van der Waals surface area contributed by atoms with Crippen LogP contribution in [0.15, 0.2) is 0 Å². The van der Waals surface area contributed by atoms with Gasteiger partial charge in [0.1, 0.15) is 0 Å². The lowest BCUT2D eigenvalue weighted by atomic mass is 9.99. The van der Waals surface area contributed by atoms with Gasteiger partial charge in [0.2, 0.25) is 5.91 Å². The molecule has 4 heteroatoms. The molecule has 1 rings (SSSR count). The van der Waals surface area contributed by atoms with E-state index < -0.39 is 6.10 Å². The molecule has 0 aromatic rings. The number of carbonyl (C=O) groups excluding carboxylic acids is 1. The molecule has 1 unspecified atom stereocenters. The second-order valence-electron chi connectivity index (χ2n) is 4.44. The van der Waals surface area contributed by atoms with Crippen molar-refractivity contribution in [1.82, 2.24) is 5.32 Å². The Labute approximate surface area is 91.0 Å². The summed E-state index contributed by atoms with van der Waals surface area (Å²) in [7, 11) is 0. The van der Waals surface area contributed by atoms with Crippen LogP contribution in [-0.2, 0) is 9.53 Å². The molecular formula is C11H21NO3. The Kier molecular flexibility index (Phi) is 5.05. The third-order valence-electron chi connectivity index (χ3n) is 2.85. The van der Waals surface area contributed by atoms with Crippen molar-refractivity contribution in [1.29, 1.82) is 0 Å². The second-order valence-corrected chi connectivity index (χ2v) is 4.44. The van der Waals surface area contributed by atoms with Gasteiger partial charge >= 0.3 is 0 Å². The van der Waals surface area contributed by atoms with Crippen molar-refractivity contribution in [2.45, 2.75) is 32.8 Å². The smallest absolute Gasteiger partial charge is 0.223 e. The maximum Gasteiger partial charge on any atom is 0.223 e. The van der Waals surface area contributed by atoms with Gasteiger partial charge in [-0.2, -0.15) is 0 Å². The van der Waals surface area contributed by atoms with E-state index in [9.17, 15) is 9.90 Å². The van der Waals surface area contributed by atoms with Gasteiger partial charge in [0.05, 0.1) is 6.10 Å². The molecule has 1 saturated heterocycles. The van der Waals surface area contributed by atoms with E-state index >= 15 is 0 Å².